The van der Waals surface area contributed by atoms with Gasteiger partial charge in [0.25, 0.3) is 5.91 Å². The fraction of sp³-hybridized carbons (Fsp3) is 0.714. The van der Waals surface area contributed by atoms with E-state index < -0.39 is 0 Å². The third-order valence-corrected chi connectivity index (χ3v) is 4.51. The standard InChI is InChI=1S/C14H24N4OS.2ClH/c1-2-7-18-8-4-11(5-9-18)16-14(19)12-10-20-13(17-12)3-6-15;;/h10-11H,2-9,15H2,1H3,(H,16,19);2*1H. The molecule has 0 aromatic carbocycles. The number of piperidine rings is 1. The fourth-order valence-electron chi connectivity index (χ4n) is 2.53. The molecule has 1 aliphatic heterocycles. The first-order valence-electron chi connectivity index (χ1n) is 7.40. The summed E-state index contributed by atoms with van der Waals surface area (Å²) < 4.78 is 0. The summed E-state index contributed by atoms with van der Waals surface area (Å²) in [7, 11) is 0. The molecule has 1 amide bonds. The van der Waals surface area contributed by atoms with Crippen LogP contribution in [-0.4, -0.2) is 48.0 Å². The lowest BCUT2D eigenvalue weighted by Crippen LogP contribution is -2.44. The van der Waals surface area contributed by atoms with Gasteiger partial charge in [0.1, 0.15) is 5.69 Å². The minimum absolute atomic E-state index is 0. The highest BCUT2D eigenvalue weighted by Gasteiger charge is 2.21. The smallest absolute Gasteiger partial charge is 0.270 e. The van der Waals surface area contributed by atoms with Crippen LogP contribution in [0.3, 0.4) is 0 Å². The number of hydrogen-bond donors (Lipinski definition) is 2. The van der Waals surface area contributed by atoms with Crippen LogP contribution in [0.2, 0.25) is 0 Å². The van der Waals surface area contributed by atoms with Crippen LogP contribution in [0.1, 0.15) is 41.7 Å². The van der Waals surface area contributed by atoms with Gasteiger partial charge in [0.15, 0.2) is 0 Å². The summed E-state index contributed by atoms with van der Waals surface area (Å²) in [5.41, 5.74) is 6.03. The summed E-state index contributed by atoms with van der Waals surface area (Å²) in [5, 5.41) is 5.87. The van der Waals surface area contributed by atoms with Gasteiger partial charge in [-0.25, -0.2) is 4.98 Å². The molecule has 0 unspecified atom stereocenters. The molecule has 0 bridgehead atoms. The number of amides is 1. The monoisotopic (exact) mass is 368 g/mol. The van der Waals surface area contributed by atoms with Gasteiger partial charge in [-0.2, -0.15) is 0 Å². The zero-order chi connectivity index (χ0) is 14.4. The number of nitrogens with one attached hydrogen (secondary N) is 1. The zero-order valence-corrected chi connectivity index (χ0v) is 15.4. The number of likely N-dealkylation sites (tertiary alicyclic amines) is 1. The number of nitrogens with zero attached hydrogens (tertiary/aromatic N) is 2. The number of carbonyl (C=O) groups excluding carboxylic acids is 1. The van der Waals surface area contributed by atoms with Gasteiger partial charge >= 0.3 is 0 Å². The predicted molar refractivity (Wildman–Crippen MR) is 96.6 cm³/mol. The Kier molecular flexibility index (Phi) is 11.0. The highest BCUT2D eigenvalue weighted by Crippen LogP contribution is 2.13. The van der Waals surface area contributed by atoms with Crippen LogP contribution >= 0.6 is 36.2 Å². The zero-order valence-electron chi connectivity index (χ0n) is 12.9. The van der Waals surface area contributed by atoms with Gasteiger partial charge in [-0.1, -0.05) is 6.92 Å². The quantitative estimate of drug-likeness (QED) is 0.806. The van der Waals surface area contributed by atoms with Crippen molar-refractivity contribution in [1.29, 1.82) is 0 Å². The predicted octanol–water partition coefficient (Wildman–Crippen LogP) is 2.09. The van der Waals surface area contributed by atoms with Crippen LogP contribution in [0, 0.1) is 0 Å². The second-order valence-electron chi connectivity index (χ2n) is 5.25. The molecule has 128 valence electrons. The van der Waals surface area contributed by atoms with Crippen LogP contribution in [0.4, 0.5) is 0 Å². The van der Waals surface area contributed by atoms with Gasteiger partial charge in [0.05, 0.1) is 5.01 Å². The number of rotatable bonds is 6. The topological polar surface area (TPSA) is 71.2 Å². The number of aromatic nitrogens is 1. The number of halogens is 2. The molecule has 22 heavy (non-hydrogen) atoms. The molecule has 0 aliphatic carbocycles. The van der Waals surface area contributed by atoms with Crippen LogP contribution in [-0.2, 0) is 6.42 Å². The lowest BCUT2D eigenvalue weighted by atomic mass is 10.0. The Bertz CT molecular complexity index is 436. The molecular weight excluding hydrogens is 343 g/mol. The average Bonchev–Trinajstić information content (AvgIpc) is 2.90. The van der Waals surface area contributed by atoms with E-state index in [9.17, 15) is 4.79 Å². The molecule has 0 radical (unpaired) electrons. The number of nitrogens with two attached hydrogens (primary N) is 1. The number of thiazole rings is 1. The van der Waals surface area contributed by atoms with Gasteiger partial charge in [0, 0.05) is 30.9 Å². The van der Waals surface area contributed by atoms with E-state index in [1.54, 1.807) is 0 Å². The Morgan fingerprint density at radius 1 is 1.45 bits per heavy atom. The Balaban J connectivity index is 0.00000220. The van der Waals surface area contributed by atoms with E-state index >= 15 is 0 Å². The lowest BCUT2D eigenvalue weighted by molar-refractivity contribution is 0.0906. The summed E-state index contributed by atoms with van der Waals surface area (Å²) >= 11 is 1.51. The van der Waals surface area contributed by atoms with Crippen LogP contribution in [0.5, 0.6) is 0 Å². The van der Waals surface area contributed by atoms with Crippen molar-refractivity contribution in [2.75, 3.05) is 26.2 Å². The molecule has 2 heterocycles. The van der Waals surface area contributed by atoms with Gasteiger partial charge in [0.2, 0.25) is 0 Å². The molecule has 1 fully saturated rings. The molecule has 5 nitrogen and oxygen atoms in total. The minimum atomic E-state index is -0.0431. The molecule has 3 N–H and O–H groups in total. The van der Waals surface area contributed by atoms with Crippen molar-refractivity contribution in [2.45, 2.75) is 38.6 Å². The summed E-state index contributed by atoms with van der Waals surface area (Å²) in [5.74, 6) is -0.0431. The van der Waals surface area contributed by atoms with Gasteiger partial charge in [-0.15, -0.1) is 36.2 Å². The van der Waals surface area contributed by atoms with Crippen LogP contribution < -0.4 is 11.1 Å². The van der Waals surface area contributed by atoms with Crippen LogP contribution in [0.15, 0.2) is 5.38 Å². The highest BCUT2D eigenvalue weighted by molar-refractivity contribution is 7.09. The van der Waals surface area contributed by atoms with Crippen molar-refractivity contribution in [3.63, 3.8) is 0 Å². The van der Waals surface area contributed by atoms with Crippen molar-refractivity contribution in [1.82, 2.24) is 15.2 Å². The summed E-state index contributed by atoms with van der Waals surface area (Å²) in [6, 6.07) is 0.287. The molecule has 0 atom stereocenters. The average molecular weight is 369 g/mol. The van der Waals surface area contributed by atoms with Gasteiger partial charge < -0.3 is 16.0 Å². The Hall–Kier alpha value is -0.400. The normalized spacial score (nSPS) is 15.7. The summed E-state index contributed by atoms with van der Waals surface area (Å²) in [4.78, 5) is 18.9. The maximum absolute atomic E-state index is 12.1. The third-order valence-electron chi connectivity index (χ3n) is 3.61. The number of carbonyl (C=O) groups is 1. The molecule has 8 heteroatoms. The maximum atomic E-state index is 12.1. The van der Waals surface area contributed by atoms with Crippen molar-refractivity contribution in [3.05, 3.63) is 16.1 Å². The van der Waals surface area contributed by atoms with Crippen molar-refractivity contribution in [3.8, 4) is 0 Å². The molecule has 1 aromatic heterocycles. The van der Waals surface area contributed by atoms with Crippen molar-refractivity contribution in [2.24, 2.45) is 5.73 Å². The molecular formula is C14H26Cl2N4OS. The molecule has 0 saturated carbocycles. The minimum Gasteiger partial charge on any atom is -0.348 e. The Labute approximate surface area is 148 Å². The first kappa shape index (κ1) is 21.6. The molecule has 1 saturated heterocycles. The van der Waals surface area contributed by atoms with E-state index in [-0.39, 0.29) is 36.8 Å². The second-order valence-corrected chi connectivity index (χ2v) is 6.20. The molecule has 0 spiro atoms. The maximum Gasteiger partial charge on any atom is 0.270 e. The van der Waals surface area contributed by atoms with E-state index in [4.69, 9.17) is 5.73 Å². The van der Waals surface area contributed by atoms with Gasteiger partial charge in [-0.3, -0.25) is 4.79 Å². The second kappa shape index (κ2) is 11.2. The SMILES string of the molecule is CCCN1CCC(NC(=O)c2csc(CCN)n2)CC1.Cl.Cl. The first-order chi connectivity index (χ1) is 9.72. The number of hydrogen-bond acceptors (Lipinski definition) is 5. The van der Waals surface area contributed by atoms with E-state index in [0.717, 1.165) is 43.9 Å². The fourth-order valence-corrected chi connectivity index (χ4v) is 3.32. The Morgan fingerprint density at radius 3 is 2.73 bits per heavy atom. The van der Waals surface area contributed by atoms with E-state index in [1.807, 2.05) is 5.38 Å². The highest BCUT2D eigenvalue weighted by atomic mass is 35.5. The largest absolute Gasteiger partial charge is 0.348 e. The van der Waals surface area contributed by atoms with E-state index in [2.05, 4.69) is 22.1 Å². The van der Waals surface area contributed by atoms with Crippen molar-refractivity contribution >= 4 is 42.1 Å². The van der Waals surface area contributed by atoms with E-state index in [1.165, 1.54) is 17.8 Å². The van der Waals surface area contributed by atoms with Crippen LogP contribution in [0.25, 0.3) is 0 Å². The molecule has 1 aliphatic rings. The summed E-state index contributed by atoms with van der Waals surface area (Å²) in [6.45, 7) is 6.09. The molecule has 2 rings (SSSR count). The Morgan fingerprint density at radius 2 is 2.14 bits per heavy atom. The van der Waals surface area contributed by atoms with E-state index in [0.29, 0.717) is 12.2 Å². The van der Waals surface area contributed by atoms with Gasteiger partial charge in [-0.05, 0) is 32.4 Å². The van der Waals surface area contributed by atoms with Crippen molar-refractivity contribution < 1.29 is 4.79 Å². The summed E-state index contributed by atoms with van der Waals surface area (Å²) in [6.07, 6.45) is 4.00. The molecule has 1 aromatic rings. The lowest BCUT2D eigenvalue weighted by Gasteiger charge is -2.31. The third kappa shape index (κ3) is 6.38. The first-order valence-corrected chi connectivity index (χ1v) is 8.28.